The second-order valence-corrected chi connectivity index (χ2v) is 5.84. The smallest absolute Gasteiger partial charge is 0.191 e. The summed E-state index contributed by atoms with van der Waals surface area (Å²) in [4.78, 5) is 4.62. The molecule has 1 aromatic heterocycles. The number of hydrogen-bond donors (Lipinski definition) is 2. The van der Waals surface area contributed by atoms with E-state index in [2.05, 4.69) is 46.6 Å². The number of aromatic nitrogens is 3. The molecule has 8 heteroatoms. The summed E-state index contributed by atoms with van der Waals surface area (Å²) in [5.74, 6) is 3.08. The maximum Gasteiger partial charge on any atom is 0.191 e. The number of methoxy groups -OCH3 is 1. The minimum Gasteiger partial charge on any atom is -0.385 e. The van der Waals surface area contributed by atoms with Crippen molar-refractivity contribution in [2.75, 3.05) is 20.3 Å². The summed E-state index contributed by atoms with van der Waals surface area (Å²) in [6.07, 6.45) is 0.941. The molecule has 1 unspecified atom stereocenters. The predicted molar refractivity (Wildman–Crippen MR) is 104 cm³/mol. The molecule has 0 amide bonds. The van der Waals surface area contributed by atoms with Crippen LogP contribution >= 0.6 is 24.0 Å². The molecule has 0 aromatic carbocycles. The van der Waals surface area contributed by atoms with E-state index in [0.29, 0.717) is 18.5 Å². The van der Waals surface area contributed by atoms with Gasteiger partial charge in [-0.3, -0.25) is 0 Å². The second-order valence-electron chi connectivity index (χ2n) is 5.84. The van der Waals surface area contributed by atoms with Crippen LogP contribution < -0.4 is 10.6 Å². The summed E-state index contributed by atoms with van der Waals surface area (Å²) < 4.78 is 7.03. The van der Waals surface area contributed by atoms with Gasteiger partial charge in [-0.05, 0) is 26.2 Å². The molecule has 0 saturated heterocycles. The molecule has 1 heterocycles. The number of nitrogens with one attached hydrogen (secondary N) is 2. The molecule has 0 saturated carbocycles. The number of halogens is 1. The van der Waals surface area contributed by atoms with E-state index in [1.807, 2.05) is 18.5 Å². The van der Waals surface area contributed by atoms with Crippen molar-refractivity contribution in [3.8, 4) is 0 Å². The molecule has 1 atom stereocenters. The van der Waals surface area contributed by atoms with Crippen molar-refractivity contribution in [1.82, 2.24) is 25.4 Å². The number of rotatable bonds is 8. The van der Waals surface area contributed by atoms with Crippen molar-refractivity contribution in [2.24, 2.45) is 18.0 Å². The summed E-state index contributed by atoms with van der Waals surface area (Å²) in [5.41, 5.74) is 0. The van der Waals surface area contributed by atoms with Crippen LogP contribution in [0.4, 0.5) is 0 Å². The van der Waals surface area contributed by atoms with Crippen LogP contribution in [0.15, 0.2) is 4.99 Å². The predicted octanol–water partition coefficient (Wildman–Crippen LogP) is 1.86. The van der Waals surface area contributed by atoms with Crippen molar-refractivity contribution in [3.05, 3.63) is 11.6 Å². The average molecular weight is 438 g/mol. The zero-order chi connectivity index (χ0) is 16.5. The molecule has 23 heavy (non-hydrogen) atoms. The van der Waals surface area contributed by atoms with E-state index in [9.17, 15) is 0 Å². The van der Waals surface area contributed by atoms with Gasteiger partial charge in [0.05, 0.1) is 0 Å². The summed E-state index contributed by atoms with van der Waals surface area (Å²) in [7, 11) is 3.67. The Morgan fingerprint density at radius 2 is 2.00 bits per heavy atom. The van der Waals surface area contributed by atoms with Crippen LogP contribution in [0.5, 0.6) is 0 Å². The van der Waals surface area contributed by atoms with Crippen molar-refractivity contribution < 1.29 is 4.74 Å². The third-order valence-corrected chi connectivity index (χ3v) is 3.74. The van der Waals surface area contributed by atoms with Crippen LogP contribution in [0.25, 0.3) is 0 Å². The molecule has 0 spiro atoms. The van der Waals surface area contributed by atoms with E-state index in [-0.39, 0.29) is 24.0 Å². The zero-order valence-electron chi connectivity index (χ0n) is 15.1. The Hall–Kier alpha value is -0.900. The van der Waals surface area contributed by atoms with Crippen molar-refractivity contribution in [3.63, 3.8) is 0 Å². The van der Waals surface area contributed by atoms with Gasteiger partial charge in [-0.25, -0.2) is 4.99 Å². The lowest BCUT2D eigenvalue weighted by Gasteiger charge is -2.21. The number of aryl methyl sites for hydroxylation is 1. The van der Waals surface area contributed by atoms with E-state index in [0.717, 1.165) is 37.2 Å². The Morgan fingerprint density at radius 3 is 2.52 bits per heavy atom. The van der Waals surface area contributed by atoms with E-state index in [1.165, 1.54) is 0 Å². The van der Waals surface area contributed by atoms with Gasteiger partial charge in [0.15, 0.2) is 11.8 Å². The third kappa shape index (κ3) is 7.96. The van der Waals surface area contributed by atoms with Gasteiger partial charge in [-0.15, -0.1) is 34.2 Å². The highest BCUT2D eigenvalue weighted by Gasteiger charge is 2.10. The first-order valence-corrected chi connectivity index (χ1v) is 7.84. The van der Waals surface area contributed by atoms with Crippen molar-refractivity contribution in [2.45, 2.75) is 46.7 Å². The first-order chi connectivity index (χ1) is 10.5. The van der Waals surface area contributed by atoms with E-state index in [4.69, 9.17) is 4.74 Å². The molecule has 0 fully saturated rings. The Morgan fingerprint density at radius 1 is 1.30 bits per heavy atom. The fourth-order valence-corrected chi connectivity index (χ4v) is 1.70. The lowest BCUT2D eigenvalue weighted by atomic mass is 10.1. The third-order valence-electron chi connectivity index (χ3n) is 3.74. The first-order valence-electron chi connectivity index (χ1n) is 7.84. The van der Waals surface area contributed by atoms with Crippen LogP contribution in [0, 0.1) is 12.8 Å². The highest BCUT2D eigenvalue weighted by molar-refractivity contribution is 14.0. The van der Waals surface area contributed by atoms with Crippen LogP contribution in [-0.2, 0) is 18.3 Å². The standard InChI is InChI=1S/C15H30N6O.HI/c1-11(2)12(3)18-15(16-8-7-9-22-6)17-10-14-20-19-13(4)21(14)5;/h11-12H,7-10H2,1-6H3,(H2,16,17,18);1H. The van der Waals surface area contributed by atoms with E-state index in [1.54, 1.807) is 7.11 Å². The Bertz CT molecular complexity index is 475. The van der Waals surface area contributed by atoms with Gasteiger partial charge in [0, 0.05) is 33.4 Å². The monoisotopic (exact) mass is 438 g/mol. The number of aliphatic imine (C=N–C) groups is 1. The maximum absolute atomic E-state index is 5.07. The van der Waals surface area contributed by atoms with Crippen molar-refractivity contribution >= 4 is 29.9 Å². The normalized spacial score (nSPS) is 12.9. The quantitative estimate of drug-likeness (QED) is 0.281. The van der Waals surface area contributed by atoms with Gasteiger partial charge in [-0.2, -0.15) is 0 Å². The average Bonchev–Trinajstić information content (AvgIpc) is 2.80. The molecule has 7 nitrogen and oxygen atoms in total. The molecule has 0 aliphatic rings. The molecule has 0 aliphatic carbocycles. The first kappa shape index (κ1) is 22.1. The van der Waals surface area contributed by atoms with Crippen LogP contribution in [0.3, 0.4) is 0 Å². The molecule has 0 aliphatic heterocycles. The van der Waals surface area contributed by atoms with Crippen LogP contribution in [-0.4, -0.2) is 47.0 Å². The number of nitrogens with zero attached hydrogens (tertiary/aromatic N) is 4. The molecular formula is C15H31IN6O. The Balaban J connectivity index is 0.00000484. The molecular weight excluding hydrogens is 407 g/mol. The number of hydrogen-bond acceptors (Lipinski definition) is 4. The van der Waals surface area contributed by atoms with Gasteiger partial charge in [0.25, 0.3) is 0 Å². The van der Waals surface area contributed by atoms with E-state index >= 15 is 0 Å². The summed E-state index contributed by atoms with van der Waals surface area (Å²) in [6, 6.07) is 0.343. The van der Waals surface area contributed by atoms with Crippen LogP contribution in [0.2, 0.25) is 0 Å². The molecule has 2 N–H and O–H groups in total. The fourth-order valence-electron chi connectivity index (χ4n) is 1.70. The summed E-state index contributed by atoms with van der Waals surface area (Å²) in [6.45, 7) is 10.5. The van der Waals surface area contributed by atoms with Crippen LogP contribution in [0.1, 0.15) is 38.8 Å². The number of guanidine groups is 1. The summed E-state index contributed by atoms with van der Waals surface area (Å²) in [5, 5.41) is 15.0. The fraction of sp³-hybridized carbons (Fsp3) is 0.800. The molecule has 0 radical (unpaired) electrons. The lowest BCUT2D eigenvalue weighted by Crippen LogP contribution is -2.44. The lowest BCUT2D eigenvalue weighted by molar-refractivity contribution is 0.195. The Kier molecular flexibility index (Phi) is 11.2. The largest absolute Gasteiger partial charge is 0.385 e. The topological polar surface area (TPSA) is 76.4 Å². The molecule has 134 valence electrons. The second kappa shape index (κ2) is 11.6. The Labute approximate surface area is 156 Å². The molecule has 0 bridgehead atoms. The van der Waals surface area contributed by atoms with Gasteiger partial charge in [-0.1, -0.05) is 13.8 Å². The van der Waals surface area contributed by atoms with Gasteiger partial charge in [0.2, 0.25) is 0 Å². The minimum atomic E-state index is 0. The highest BCUT2D eigenvalue weighted by Crippen LogP contribution is 2.01. The maximum atomic E-state index is 5.07. The van der Waals surface area contributed by atoms with Crippen molar-refractivity contribution in [1.29, 1.82) is 0 Å². The summed E-state index contributed by atoms with van der Waals surface area (Å²) >= 11 is 0. The molecule has 1 rings (SSSR count). The minimum absolute atomic E-state index is 0. The SMILES string of the molecule is COCCCNC(=NCc1nnc(C)n1C)NC(C)C(C)C.I. The molecule has 1 aromatic rings. The van der Waals surface area contributed by atoms with Gasteiger partial charge >= 0.3 is 0 Å². The van der Waals surface area contributed by atoms with E-state index < -0.39 is 0 Å². The van der Waals surface area contributed by atoms with Gasteiger partial charge < -0.3 is 19.9 Å². The van der Waals surface area contributed by atoms with Gasteiger partial charge in [0.1, 0.15) is 12.4 Å². The number of ether oxygens (including phenoxy) is 1. The zero-order valence-corrected chi connectivity index (χ0v) is 17.4. The highest BCUT2D eigenvalue weighted by atomic mass is 127.